The van der Waals surface area contributed by atoms with Gasteiger partial charge in [-0.2, -0.15) is 19.2 Å². The summed E-state index contributed by atoms with van der Waals surface area (Å²) < 4.78 is 8.99. The third kappa shape index (κ3) is 68.2. The molecular formula is C53H86O18. The number of aliphatic hydroxyl groups is 4. The molecule has 0 atom stereocenters. The number of hydrogen-bond donors (Lipinski definition) is 7. The number of allylic oxidation sites excluding steroid dienone is 4. The molecule has 0 heterocycles. The maximum absolute atomic E-state index is 10.6. The molecule has 1 saturated carbocycles. The largest absolute Gasteiger partial charge is 0.481 e. The number of esters is 2. The highest BCUT2D eigenvalue weighted by Crippen LogP contribution is 2.23. The van der Waals surface area contributed by atoms with E-state index in [4.69, 9.17) is 59.7 Å². The zero-order valence-corrected chi connectivity index (χ0v) is 43.1. The Morgan fingerprint density at radius 1 is 0.648 bits per heavy atom. The number of carbonyl (C=O) groups is 5. The smallest absolute Gasteiger partial charge is 0.373 e. The van der Waals surface area contributed by atoms with Gasteiger partial charge in [-0.05, 0) is 77.3 Å². The molecule has 1 aliphatic rings. The van der Waals surface area contributed by atoms with E-state index >= 15 is 0 Å². The summed E-state index contributed by atoms with van der Waals surface area (Å²) in [6, 6.07) is 8.30. The van der Waals surface area contributed by atoms with Crippen molar-refractivity contribution in [2.45, 2.75) is 144 Å². The van der Waals surface area contributed by atoms with Crippen LogP contribution in [0.15, 0.2) is 91.6 Å². The first-order valence-corrected chi connectivity index (χ1v) is 23.4. The van der Waals surface area contributed by atoms with E-state index in [2.05, 4.69) is 62.6 Å². The van der Waals surface area contributed by atoms with Gasteiger partial charge in [0.25, 0.3) is 0 Å². The Labute approximate surface area is 421 Å². The van der Waals surface area contributed by atoms with Crippen molar-refractivity contribution in [3.05, 3.63) is 97.2 Å². The SMILES string of the molecule is C=C(C)C(=O)OC.C=C(C)C(=O)OCCC.C=CC(=O)O.CCCCC/C=C\C/C=C/CCCCCCC.O=C(O)C1CCCCC1.O=C(O)c1ccccc1.O=C=O.O=C=O.OCC(CO)(CO)CO. The van der Waals surface area contributed by atoms with E-state index in [1.54, 1.807) is 44.2 Å². The minimum Gasteiger partial charge on any atom is -0.481 e. The van der Waals surface area contributed by atoms with E-state index in [1.165, 1.54) is 77.7 Å². The quantitative estimate of drug-likeness (QED) is 0.0233. The van der Waals surface area contributed by atoms with Gasteiger partial charge in [-0.15, -0.1) is 0 Å². The maximum Gasteiger partial charge on any atom is 0.373 e. The minimum absolute atomic E-state index is 0.0289. The number of ether oxygens (including phenoxy) is 2. The van der Waals surface area contributed by atoms with Crippen molar-refractivity contribution in [3.63, 3.8) is 0 Å². The summed E-state index contributed by atoms with van der Waals surface area (Å²) >= 11 is 0. The monoisotopic (exact) mass is 1010 g/mol. The van der Waals surface area contributed by atoms with Crippen LogP contribution in [-0.2, 0) is 47.8 Å². The number of benzene rings is 1. The van der Waals surface area contributed by atoms with Crippen LogP contribution in [0, 0.1) is 11.3 Å². The highest BCUT2D eigenvalue weighted by Gasteiger charge is 2.26. The van der Waals surface area contributed by atoms with Crippen LogP contribution in [0.1, 0.15) is 154 Å². The van der Waals surface area contributed by atoms with E-state index in [1.807, 2.05) is 6.92 Å². The van der Waals surface area contributed by atoms with Crippen LogP contribution >= 0.6 is 0 Å². The van der Waals surface area contributed by atoms with Crippen molar-refractivity contribution in [1.82, 2.24) is 0 Å². The molecular weight excluding hydrogens is 925 g/mol. The topological polar surface area (TPSA) is 314 Å². The number of aromatic carboxylic acids is 1. The van der Waals surface area contributed by atoms with Crippen LogP contribution < -0.4 is 0 Å². The highest BCUT2D eigenvalue weighted by atomic mass is 16.5. The number of unbranched alkanes of at least 4 members (excludes halogenated alkanes) is 8. The van der Waals surface area contributed by atoms with Crippen molar-refractivity contribution >= 4 is 42.1 Å². The Hall–Kier alpha value is -6.13. The average Bonchev–Trinajstić information content (AvgIpc) is 3.37. The van der Waals surface area contributed by atoms with Crippen molar-refractivity contribution in [3.8, 4) is 0 Å². The standard InChI is InChI=1S/C17H32.C7H12O2.C7H6O2.C7H12O2.C5H12O4.C5H8O2.C3H4O2.2CO2/c1-3-5-7-9-11-13-15-17-16-14-12-10-8-6-4-2;2*8-7(9)6-4-2-1-3-5-6;1-4-5-9-7(8)6(2)3;6-1-5(2-7,3-8)4-9;1-4(2)5(6)7-3;1-2-3(4)5;2*2-1-3/h11,13,16-17H,3-10,12,14-15H2,1-2H3;6H,1-5H2,(H,8,9);1-5H,(H,8,9);2,4-5H2,1,3H3;6-9H,1-4H2;1H2,2-3H3;2H,1H2,(H,4,5);;/b13-11-,17-16+;;;;;;;;. The zero-order chi connectivity index (χ0) is 56.2. The van der Waals surface area contributed by atoms with Crippen LogP contribution in [0.4, 0.5) is 0 Å². The molecule has 0 bridgehead atoms. The summed E-state index contributed by atoms with van der Waals surface area (Å²) in [4.78, 5) is 83.1. The number of carbonyl (C=O) groups excluding carboxylic acids is 6. The number of carboxylic acids is 3. The molecule has 2 rings (SSSR count). The van der Waals surface area contributed by atoms with Gasteiger partial charge in [0.05, 0.1) is 57.0 Å². The fourth-order valence-corrected chi connectivity index (χ4v) is 4.61. The molecule has 1 aromatic rings. The lowest BCUT2D eigenvalue weighted by Crippen LogP contribution is -2.37. The van der Waals surface area contributed by atoms with Gasteiger partial charge in [0.15, 0.2) is 0 Å². The lowest BCUT2D eigenvalue weighted by molar-refractivity contribution is -0.193. The molecule has 0 spiro atoms. The molecule has 7 N–H and O–H groups in total. The molecule has 0 saturated heterocycles. The molecule has 0 unspecified atom stereocenters. The number of aliphatic hydroxyl groups excluding tert-OH is 4. The predicted octanol–water partition coefficient (Wildman–Crippen LogP) is 8.75. The van der Waals surface area contributed by atoms with Crippen LogP contribution in [0.2, 0.25) is 0 Å². The lowest BCUT2D eigenvalue weighted by Gasteiger charge is -2.23. The summed E-state index contributed by atoms with van der Waals surface area (Å²) in [6.07, 6.45) is 31.4. The number of aliphatic carboxylic acids is 2. The van der Waals surface area contributed by atoms with E-state index < -0.39 is 49.8 Å². The van der Waals surface area contributed by atoms with Gasteiger partial charge in [0, 0.05) is 17.2 Å². The van der Waals surface area contributed by atoms with Gasteiger partial charge in [0.2, 0.25) is 0 Å². The summed E-state index contributed by atoms with van der Waals surface area (Å²) in [6.45, 7) is 18.3. The van der Waals surface area contributed by atoms with Gasteiger partial charge in [-0.25, -0.2) is 19.2 Å². The van der Waals surface area contributed by atoms with Gasteiger partial charge in [0.1, 0.15) is 0 Å². The first-order valence-electron chi connectivity index (χ1n) is 23.4. The van der Waals surface area contributed by atoms with Gasteiger partial charge < -0.3 is 45.2 Å². The molecule has 1 fully saturated rings. The lowest BCUT2D eigenvalue weighted by atomic mass is 9.90. The van der Waals surface area contributed by atoms with Gasteiger partial charge in [-0.1, -0.05) is 141 Å². The van der Waals surface area contributed by atoms with Crippen molar-refractivity contribution in [2.24, 2.45) is 11.3 Å². The molecule has 406 valence electrons. The van der Waals surface area contributed by atoms with E-state index in [-0.39, 0.29) is 30.2 Å². The Kier molecular flexibility index (Phi) is 71.1. The fraction of sp³-hybridized carbons (Fsp3) is 0.566. The van der Waals surface area contributed by atoms with Crippen molar-refractivity contribution < 1.29 is 88.4 Å². The zero-order valence-electron chi connectivity index (χ0n) is 43.1. The molecule has 0 radical (unpaired) electrons. The Balaban J connectivity index is -0.000000135. The average molecular weight is 1010 g/mol. The number of methoxy groups -OCH3 is 1. The van der Waals surface area contributed by atoms with Crippen molar-refractivity contribution in [1.29, 1.82) is 0 Å². The third-order valence-corrected chi connectivity index (χ3v) is 8.87. The highest BCUT2D eigenvalue weighted by molar-refractivity contribution is 5.87. The summed E-state index contributed by atoms with van der Waals surface area (Å²) in [5.41, 5.74) is 0.114. The molecule has 1 aromatic carbocycles. The third-order valence-electron chi connectivity index (χ3n) is 8.87. The van der Waals surface area contributed by atoms with Gasteiger partial charge >= 0.3 is 42.1 Å². The second kappa shape index (κ2) is 63.9. The second-order valence-electron chi connectivity index (χ2n) is 15.3. The predicted molar refractivity (Wildman–Crippen MR) is 270 cm³/mol. The van der Waals surface area contributed by atoms with Gasteiger partial charge in [-0.3, -0.25) is 4.79 Å². The normalized spacial score (nSPS) is 10.8. The second-order valence-corrected chi connectivity index (χ2v) is 15.3. The fourth-order valence-electron chi connectivity index (χ4n) is 4.61. The molecule has 0 aromatic heterocycles. The summed E-state index contributed by atoms with van der Waals surface area (Å²) in [7, 11) is 1.33. The minimum atomic E-state index is -1.11. The summed E-state index contributed by atoms with van der Waals surface area (Å²) in [5.74, 6) is -3.13. The maximum atomic E-state index is 10.6. The van der Waals surface area contributed by atoms with Crippen LogP contribution in [0.3, 0.4) is 0 Å². The Bertz CT molecular complexity index is 1570. The first-order chi connectivity index (χ1) is 33.7. The number of carboxylic acid groups (broad SMARTS) is 3. The Morgan fingerprint density at radius 2 is 1.04 bits per heavy atom. The van der Waals surface area contributed by atoms with Crippen LogP contribution in [0.5, 0.6) is 0 Å². The number of rotatable bonds is 23. The molecule has 0 aliphatic heterocycles. The molecule has 71 heavy (non-hydrogen) atoms. The van der Waals surface area contributed by atoms with E-state index in [9.17, 15) is 24.0 Å². The molecule has 18 heteroatoms. The Morgan fingerprint density at radius 3 is 1.31 bits per heavy atom. The van der Waals surface area contributed by atoms with Crippen LogP contribution in [-0.4, -0.2) is 118 Å². The molecule has 0 amide bonds. The molecule has 1 aliphatic carbocycles. The summed E-state index contributed by atoms with van der Waals surface area (Å²) in [5, 5.41) is 58.5. The number of hydrogen-bond acceptors (Lipinski definition) is 15. The van der Waals surface area contributed by atoms with E-state index in [0.29, 0.717) is 23.3 Å². The molecule has 18 nitrogen and oxygen atoms in total. The first kappa shape index (κ1) is 79.0. The van der Waals surface area contributed by atoms with Crippen molar-refractivity contribution in [2.75, 3.05) is 40.1 Å². The van der Waals surface area contributed by atoms with Crippen LogP contribution in [0.25, 0.3) is 0 Å². The van der Waals surface area contributed by atoms with E-state index in [0.717, 1.165) is 44.6 Å².